The van der Waals surface area contributed by atoms with Crippen molar-refractivity contribution in [1.82, 2.24) is 9.78 Å². The summed E-state index contributed by atoms with van der Waals surface area (Å²) in [4.78, 5) is 19.9. The first-order chi connectivity index (χ1) is 6.16. The maximum Gasteiger partial charge on any atom is 0.314 e. The van der Waals surface area contributed by atoms with Crippen LogP contribution in [0.4, 0.5) is 5.69 Å². The molecule has 0 saturated heterocycles. The van der Waals surface area contributed by atoms with Gasteiger partial charge in [-0.1, -0.05) is 0 Å². The topological polar surface area (TPSA) is 78.0 Å². The Morgan fingerprint density at radius 1 is 1.69 bits per heavy atom. The number of carbonyl (C=O) groups is 1. The third kappa shape index (κ3) is 1.78. The lowest BCUT2D eigenvalue weighted by molar-refractivity contribution is -0.385. The molecule has 0 spiro atoms. The first-order valence-corrected chi connectivity index (χ1v) is 3.45. The van der Waals surface area contributed by atoms with Crippen molar-refractivity contribution in [2.75, 3.05) is 0 Å². The minimum atomic E-state index is -0.544. The second-order valence-corrected chi connectivity index (χ2v) is 2.29. The molecule has 0 aliphatic rings. The molecule has 68 valence electrons. The van der Waals surface area contributed by atoms with Gasteiger partial charge in [-0.3, -0.25) is 19.6 Å². The number of nitrogens with zero attached hydrogens (tertiary/aromatic N) is 3. The Morgan fingerprint density at radius 2 is 2.38 bits per heavy atom. The maximum absolute atomic E-state index is 10.4. The molecule has 0 unspecified atom stereocenters. The van der Waals surface area contributed by atoms with E-state index in [1.807, 2.05) is 0 Å². The number of nitro groups is 1. The van der Waals surface area contributed by atoms with Gasteiger partial charge in [-0.2, -0.15) is 5.10 Å². The summed E-state index contributed by atoms with van der Waals surface area (Å²) in [5, 5.41) is 14.1. The molecule has 1 heterocycles. The zero-order chi connectivity index (χ0) is 9.84. The highest BCUT2D eigenvalue weighted by Crippen LogP contribution is 2.17. The lowest BCUT2D eigenvalue weighted by Crippen LogP contribution is -1.95. The van der Waals surface area contributed by atoms with Crippen molar-refractivity contribution in [3.05, 3.63) is 28.1 Å². The molecule has 6 nitrogen and oxygen atoms in total. The number of aldehydes is 1. The first kappa shape index (κ1) is 9.11. The molecule has 0 aliphatic carbocycles. The molecule has 0 fully saturated rings. The molecule has 1 aromatic heterocycles. The average Bonchev–Trinajstić information content (AvgIpc) is 2.43. The number of aryl methyl sites for hydroxylation is 1. The fourth-order valence-electron chi connectivity index (χ4n) is 0.900. The second-order valence-electron chi connectivity index (χ2n) is 2.29. The molecular formula is C7H7N3O3. The molecule has 1 aromatic rings. The number of allylic oxidation sites excluding steroid dienone is 1. The predicted molar refractivity (Wildman–Crippen MR) is 45.0 cm³/mol. The smallest absolute Gasteiger partial charge is 0.299 e. The Hall–Kier alpha value is -1.98. The van der Waals surface area contributed by atoms with Crippen LogP contribution in [0.2, 0.25) is 0 Å². The first-order valence-electron chi connectivity index (χ1n) is 3.45. The number of carbonyl (C=O) groups excluding carboxylic acids is 1. The number of rotatable bonds is 3. The summed E-state index contributed by atoms with van der Waals surface area (Å²) in [6.07, 6.45) is 4.23. The Kier molecular flexibility index (Phi) is 2.53. The third-order valence-electron chi connectivity index (χ3n) is 1.49. The van der Waals surface area contributed by atoms with Crippen molar-refractivity contribution in [3.8, 4) is 0 Å². The average molecular weight is 181 g/mol. The normalized spacial score (nSPS) is 10.5. The standard InChI is InChI=1S/C7H7N3O3/c1-9-6(3-2-4-11)7(5-8-9)10(12)13/h2-5H,1H3/b3-2+. The van der Waals surface area contributed by atoms with Gasteiger partial charge in [0.05, 0.1) is 4.92 Å². The van der Waals surface area contributed by atoms with Crippen molar-refractivity contribution in [2.45, 2.75) is 0 Å². The van der Waals surface area contributed by atoms with Crippen LogP contribution >= 0.6 is 0 Å². The molecule has 6 heteroatoms. The van der Waals surface area contributed by atoms with Crippen LogP contribution in [0.5, 0.6) is 0 Å². The van der Waals surface area contributed by atoms with Crippen LogP contribution in [0.1, 0.15) is 5.69 Å². The monoisotopic (exact) mass is 181 g/mol. The van der Waals surface area contributed by atoms with Crippen molar-refractivity contribution >= 4 is 18.0 Å². The minimum Gasteiger partial charge on any atom is -0.299 e. The zero-order valence-corrected chi connectivity index (χ0v) is 6.88. The van der Waals surface area contributed by atoms with E-state index >= 15 is 0 Å². The molecule has 0 aliphatic heterocycles. The lowest BCUT2D eigenvalue weighted by atomic mass is 10.3. The summed E-state index contributed by atoms with van der Waals surface area (Å²) in [5.74, 6) is 0. The molecule has 0 saturated carbocycles. The van der Waals surface area contributed by atoms with E-state index in [2.05, 4.69) is 5.10 Å². The van der Waals surface area contributed by atoms with Crippen LogP contribution in [0, 0.1) is 10.1 Å². The molecule has 13 heavy (non-hydrogen) atoms. The van der Waals surface area contributed by atoms with Crippen molar-refractivity contribution < 1.29 is 9.72 Å². The van der Waals surface area contributed by atoms with Gasteiger partial charge in [-0.05, 0) is 12.2 Å². The lowest BCUT2D eigenvalue weighted by Gasteiger charge is -1.92. The van der Waals surface area contributed by atoms with Gasteiger partial charge < -0.3 is 0 Å². The number of hydrogen-bond donors (Lipinski definition) is 0. The van der Waals surface area contributed by atoms with Gasteiger partial charge in [-0.25, -0.2) is 0 Å². The molecule has 0 amide bonds. The summed E-state index contributed by atoms with van der Waals surface area (Å²) in [5.41, 5.74) is 0.192. The van der Waals surface area contributed by atoms with Gasteiger partial charge in [0.15, 0.2) is 0 Å². The minimum absolute atomic E-state index is 0.111. The second kappa shape index (κ2) is 3.61. The van der Waals surface area contributed by atoms with E-state index in [-0.39, 0.29) is 5.69 Å². The van der Waals surface area contributed by atoms with E-state index < -0.39 is 4.92 Å². The Bertz CT molecular complexity index is 367. The molecule has 1 rings (SSSR count). The Morgan fingerprint density at radius 3 is 2.92 bits per heavy atom. The Balaban J connectivity index is 3.15. The van der Waals surface area contributed by atoms with Crippen LogP contribution in [-0.4, -0.2) is 21.0 Å². The van der Waals surface area contributed by atoms with Gasteiger partial charge in [0.2, 0.25) is 0 Å². The highest BCUT2D eigenvalue weighted by molar-refractivity contribution is 5.75. The predicted octanol–water partition coefficient (Wildman–Crippen LogP) is 0.540. The quantitative estimate of drug-likeness (QED) is 0.295. The zero-order valence-electron chi connectivity index (χ0n) is 6.88. The van der Waals surface area contributed by atoms with Crippen LogP contribution < -0.4 is 0 Å². The highest BCUT2D eigenvalue weighted by atomic mass is 16.6. The summed E-state index contributed by atoms with van der Waals surface area (Å²) < 4.78 is 1.33. The fraction of sp³-hybridized carbons (Fsp3) is 0.143. The van der Waals surface area contributed by atoms with E-state index in [0.29, 0.717) is 12.0 Å². The largest absolute Gasteiger partial charge is 0.314 e. The summed E-state index contributed by atoms with van der Waals surface area (Å²) in [6, 6.07) is 0. The van der Waals surface area contributed by atoms with Crippen molar-refractivity contribution in [2.24, 2.45) is 7.05 Å². The molecule has 0 N–H and O–H groups in total. The summed E-state index contributed by atoms with van der Waals surface area (Å²) >= 11 is 0. The number of hydrogen-bond acceptors (Lipinski definition) is 4. The van der Waals surface area contributed by atoms with E-state index in [4.69, 9.17) is 0 Å². The molecular weight excluding hydrogens is 174 g/mol. The van der Waals surface area contributed by atoms with Crippen LogP contribution in [0.15, 0.2) is 12.3 Å². The number of aromatic nitrogens is 2. The fourth-order valence-corrected chi connectivity index (χ4v) is 0.900. The molecule has 0 radical (unpaired) electrons. The highest BCUT2D eigenvalue weighted by Gasteiger charge is 2.15. The van der Waals surface area contributed by atoms with Crippen LogP contribution in [0.25, 0.3) is 6.08 Å². The van der Waals surface area contributed by atoms with E-state index in [1.165, 1.54) is 16.8 Å². The van der Waals surface area contributed by atoms with Gasteiger partial charge in [0.25, 0.3) is 0 Å². The van der Waals surface area contributed by atoms with Crippen LogP contribution in [-0.2, 0) is 11.8 Å². The van der Waals surface area contributed by atoms with Gasteiger partial charge in [0.1, 0.15) is 18.2 Å². The molecule has 0 atom stereocenters. The van der Waals surface area contributed by atoms with Crippen LogP contribution in [0.3, 0.4) is 0 Å². The van der Waals surface area contributed by atoms with E-state index in [0.717, 1.165) is 6.20 Å². The SMILES string of the molecule is Cn1ncc([N+](=O)[O-])c1/C=C/C=O. The van der Waals surface area contributed by atoms with Gasteiger partial charge >= 0.3 is 5.69 Å². The van der Waals surface area contributed by atoms with Gasteiger partial charge in [0, 0.05) is 7.05 Å². The molecule has 0 aromatic carbocycles. The molecule has 0 bridgehead atoms. The van der Waals surface area contributed by atoms with E-state index in [1.54, 1.807) is 7.05 Å². The summed E-state index contributed by atoms with van der Waals surface area (Å²) in [7, 11) is 1.57. The summed E-state index contributed by atoms with van der Waals surface area (Å²) in [6.45, 7) is 0. The Labute approximate surface area is 73.6 Å². The van der Waals surface area contributed by atoms with E-state index in [9.17, 15) is 14.9 Å². The van der Waals surface area contributed by atoms with Crippen molar-refractivity contribution in [3.63, 3.8) is 0 Å². The van der Waals surface area contributed by atoms with Crippen molar-refractivity contribution in [1.29, 1.82) is 0 Å². The maximum atomic E-state index is 10.4. The third-order valence-corrected chi connectivity index (χ3v) is 1.49. The van der Waals surface area contributed by atoms with Gasteiger partial charge in [-0.15, -0.1) is 0 Å².